The largest absolute Gasteiger partial charge is 0.483 e. The highest BCUT2D eigenvalue weighted by Gasteiger charge is 2.22. The Kier molecular flexibility index (Phi) is 8.78. The second-order valence-electron chi connectivity index (χ2n) is 10.3. The number of nitrogens with zero attached hydrogens (tertiary/aromatic N) is 4. The van der Waals surface area contributed by atoms with Crippen molar-refractivity contribution >= 4 is 50.3 Å². The summed E-state index contributed by atoms with van der Waals surface area (Å²) in [5.41, 5.74) is 2.20. The van der Waals surface area contributed by atoms with E-state index in [2.05, 4.69) is 26.3 Å². The smallest absolute Gasteiger partial charge is 0.282 e. The summed E-state index contributed by atoms with van der Waals surface area (Å²) in [6.45, 7) is -0.299. The topological polar surface area (TPSA) is 88.8 Å². The molecule has 0 aliphatic heterocycles. The highest BCUT2D eigenvalue weighted by Crippen LogP contribution is 2.32. The van der Waals surface area contributed by atoms with Gasteiger partial charge in [-0.15, -0.1) is 0 Å². The van der Waals surface area contributed by atoms with E-state index in [4.69, 9.17) is 9.72 Å². The Morgan fingerprint density at radius 2 is 1.95 bits per heavy atom. The summed E-state index contributed by atoms with van der Waals surface area (Å²) in [5.74, 6) is 0.328. The molecule has 0 bridgehead atoms. The Labute approximate surface area is 246 Å². The molecule has 1 amide bonds. The number of aromatic nitrogens is 2. The third-order valence-corrected chi connectivity index (χ3v) is 7.59. The van der Waals surface area contributed by atoms with E-state index in [1.165, 1.54) is 29.3 Å². The second kappa shape index (κ2) is 12.6. The van der Waals surface area contributed by atoms with Gasteiger partial charge < -0.3 is 15.0 Å². The number of benzene rings is 3. The summed E-state index contributed by atoms with van der Waals surface area (Å²) in [6.07, 6.45) is 6.83. The minimum atomic E-state index is -0.445. The number of hydrogen-bond acceptors (Lipinski definition) is 6. The molecule has 212 valence electrons. The normalized spacial score (nSPS) is 14.0. The third-order valence-electron chi connectivity index (χ3n) is 7.10. The van der Waals surface area contributed by atoms with Gasteiger partial charge in [0.1, 0.15) is 17.4 Å². The van der Waals surface area contributed by atoms with Crippen molar-refractivity contribution in [1.29, 1.82) is 0 Å². The van der Waals surface area contributed by atoms with Crippen LogP contribution in [-0.2, 0) is 4.79 Å². The molecule has 0 radical (unpaired) electrons. The molecular weight excluding hydrogens is 589 g/mol. The predicted molar refractivity (Wildman–Crippen MR) is 164 cm³/mol. The van der Waals surface area contributed by atoms with Gasteiger partial charge >= 0.3 is 0 Å². The highest BCUT2D eigenvalue weighted by atomic mass is 79.9. The predicted octanol–water partition coefficient (Wildman–Crippen LogP) is 6.31. The minimum Gasteiger partial charge on any atom is -0.483 e. The Bertz CT molecular complexity index is 1660. The SMILES string of the molecule is CN(C)c1ccc(C=Nn2c(C3CCCCC3)nc3ccc(Br)cc3c2=O)c(OCC(=O)Nc2cccc(F)c2)c1. The zero-order valence-corrected chi connectivity index (χ0v) is 24.5. The number of carbonyl (C=O) groups excluding carboxylic acids is 1. The first kappa shape index (κ1) is 28.5. The van der Waals surface area contributed by atoms with E-state index in [0.29, 0.717) is 33.7 Å². The van der Waals surface area contributed by atoms with Crippen LogP contribution in [0.25, 0.3) is 10.9 Å². The summed E-state index contributed by atoms with van der Waals surface area (Å²) in [5, 5.41) is 7.75. The maximum absolute atomic E-state index is 13.7. The Morgan fingerprint density at radius 3 is 2.71 bits per heavy atom. The molecule has 1 heterocycles. The van der Waals surface area contributed by atoms with Crippen LogP contribution >= 0.6 is 15.9 Å². The molecule has 1 aliphatic rings. The van der Waals surface area contributed by atoms with Crippen molar-refractivity contribution in [3.63, 3.8) is 0 Å². The molecule has 5 rings (SSSR count). The van der Waals surface area contributed by atoms with Gasteiger partial charge in [0.05, 0.1) is 17.1 Å². The minimum absolute atomic E-state index is 0.139. The molecule has 1 N–H and O–H groups in total. The van der Waals surface area contributed by atoms with Crippen molar-refractivity contribution < 1.29 is 13.9 Å². The van der Waals surface area contributed by atoms with Crippen molar-refractivity contribution in [3.05, 3.63) is 92.7 Å². The summed E-state index contributed by atoms with van der Waals surface area (Å²) in [7, 11) is 3.80. The van der Waals surface area contributed by atoms with Crippen molar-refractivity contribution in [2.45, 2.75) is 38.0 Å². The van der Waals surface area contributed by atoms with Crippen LogP contribution in [0.1, 0.15) is 49.4 Å². The molecule has 41 heavy (non-hydrogen) atoms. The number of amides is 1. The van der Waals surface area contributed by atoms with Gasteiger partial charge in [-0.05, 0) is 61.4 Å². The molecule has 10 heteroatoms. The first-order chi connectivity index (χ1) is 19.8. The number of carbonyl (C=O) groups is 1. The van der Waals surface area contributed by atoms with E-state index in [0.717, 1.165) is 35.8 Å². The first-order valence-electron chi connectivity index (χ1n) is 13.5. The van der Waals surface area contributed by atoms with Crippen LogP contribution in [-0.4, -0.2) is 42.5 Å². The molecule has 1 aromatic heterocycles. The molecule has 1 aliphatic carbocycles. The van der Waals surface area contributed by atoms with Gasteiger partial charge in [-0.25, -0.2) is 9.37 Å². The summed E-state index contributed by atoms with van der Waals surface area (Å²) >= 11 is 3.46. The maximum atomic E-state index is 13.7. The third kappa shape index (κ3) is 6.82. The lowest BCUT2D eigenvalue weighted by molar-refractivity contribution is -0.118. The van der Waals surface area contributed by atoms with Gasteiger partial charge in [-0.2, -0.15) is 9.78 Å². The molecule has 3 aromatic carbocycles. The average molecular weight is 621 g/mol. The fraction of sp³-hybridized carbons (Fsp3) is 0.290. The van der Waals surface area contributed by atoms with E-state index in [9.17, 15) is 14.0 Å². The molecule has 0 saturated heterocycles. The number of nitrogens with one attached hydrogen (secondary N) is 1. The lowest BCUT2D eigenvalue weighted by atomic mass is 9.88. The van der Waals surface area contributed by atoms with Crippen molar-refractivity contribution in [3.8, 4) is 5.75 Å². The van der Waals surface area contributed by atoms with Crippen molar-refractivity contribution in [2.75, 3.05) is 30.9 Å². The maximum Gasteiger partial charge on any atom is 0.282 e. The van der Waals surface area contributed by atoms with Gasteiger partial charge in [0.2, 0.25) is 0 Å². The number of anilines is 2. The molecule has 1 fully saturated rings. The van der Waals surface area contributed by atoms with Gasteiger partial charge in [0.15, 0.2) is 6.61 Å². The zero-order valence-electron chi connectivity index (χ0n) is 22.9. The molecule has 0 unspecified atom stereocenters. The van der Waals surface area contributed by atoms with Crippen LogP contribution in [0, 0.1) is 5.82 Å². The number of halogens is 2. The van der Waals surface area contributed by atoms with Crippen LogP contribution in [0.2, 0.25) is 0 Å². The summed E-state index contributed by atoms with van der Waals surface area (Å²) in [4.78, 5) is 33.0. The fourth-order valence-electron chi connectivity index (χ4n) is 4.96. The lowest BCUT2D eigenvalue weighted by Crippen LogP contribution is -2.25. The molecule has 8 nitrogen and oxygen atoms in total. The van der Waals surface area contributed by atoms with Gasteiger partial charge in [-0.3, -0.25) is 9.59 Å². The number of hydrogen-bond donors (Lipinski definition) is 1. The van der Waals surface area contributed by atoms with E-state index >= 15 is 0 Å². The van der Waals surface area contributed by atoms with E-state index in [-0.39, 0.29) is 18.1 Å². The Morgan fingerprint density at radius 1 is 1.15 bits per heavy atom. The highest BCUT2D eigenvalue weighted by molar-refractivity contribution is 9.10. The quantitative estimate of drug-likeness (QED) is 0.233. The molecule has 1 saturated carbocycles. The summed E-state index contributed by atoms with van der Waals surface area (Å²) < 4.78 is 21.6. The van der Waals surface area contributed by atoms with Gasteiger partial charge in [0, 0.05) is 47.5 Å². The fourth-order valence-corrected chi connectivity index (χ4v) is 5.32. The van der Waals surface area contributed by atoms with Crippen LogP contribution in [0.5, 0.6) is 5.75 Å². The number of rotatable bonds is 8. The van der Waals surface area contributed by atoms with Crippen molar-refractivity contribution in [2.24, 2.45) is 5.10 Å². The Hall–Kier alpha value is -4.05. The molecular formula is C31H31BrFN5O3. The molecule has 0 atom stereocenters. The Balaban J connectivity index is 1.48. The van der Waals surface area contributed by atoms with Gasteiger partial charge in [-0.1, -0.05) is 41.3 Å². The molecule has 0 spiro atoms. The van der Waals surface area contributed by atoms with E-state index in [1.807, 2.05) is 43.3 Å². The van der Waals surface area contributed by atoms with Gasteiger partial charge in [0.25, 0.3) is 11.5 Å². The summed E-state index contributed by atoms with van der Waals surface area (Å²) in [6, 6.07) is 16.7. The zero-order chi connectivity index (χ0) is 28.9. The van der Waals surface area contributed by atoms with Crippen LogP contribution in [0.15, 0.2) is 75.0 Å². The monoisotopic (exact) mass is 619 g/mol. The number of ether oxygens (including phenoxy) is 1. The van der Waals surface area contributed by atoms with Crippen LogP contribution < -0.4 is 20.5 Å². The van der Waals surface area contributed by atoms with Crippen molar-refractivity contribution in [1.82, 2.24) is 9.66 Å². The standard InChI is InChI=1S/C31H31BrFN5O3/c1-37(2)25-13-11-21(28(17-25)41-19-29(39)35-24-10-6-9-23(33)16-24)18-34-38-30(20-7-4-3-5-8-20)36-27-14-12-22(32)15-26(27)31(38)40/h6,9-18,20H,3-5,7-8,19H2,1-2H3,(H,35,39). The average Bonchev–Trinajstić information content (AvgIpc) is 2.96. The second-order valence-corrected chi connectivity index (χ2v) is 11.2. The van der Waals surface area contributed by atoms with Crippen LogP contribution in [0.3, 0.4) is 0 Å². The first-order valence-corrected chi connectivity index (χ1v) is 14.3. The molecule has 4 aromatic rings. The number of fused-ring (bicyclic) bond motifs is 1. The lowest BCUT2D eigenvalue weighted by Gasteiger charge is -2.23. The van der Waals surface area contributed by atoms with E-state index < -0.39 is 11.7 Å². The van der Waals surface area contributed by atoms with E-state index in [1.54, 1.807) is 24.4 Å². The van der Waals surface area contributed by atoms with Crippen LogP contribution in [0.4, 0.5) is 15.8 Å².